The molecule has 0 saturated carbocycles. The van der Waals surface area contributed by atoms with Crippen LogP contribution < -0.4 is 10.3 Å². The van der Waals surface area contributed by atoms with E-state index in [1.165, 1.54) is 4.57 Å². The van der Waals surface area contributed by atoms with E-state index in [1.807, 2.05) is 0 Å². The van der Waals surface area contributed by atoms with Crippen LogP contribution in [-0.4, -0.2) is 60.1 Å². The summed E-state index contributed by atoms with van der Waals surface area (Å²) in [6, 6.07) is 12.2. The third kappa shape index (κ3) is 5.36. The van der Waals surface area contributed by atoms with Gasteiger partial charge in [0, 0.05) is 50.4 Å². The molecule has 1 aromatic heterocycles. The summed E-state index contributed by atoms with van der Waals surface area (Å²) < 4.78 is 12.0. The molecule has 8 nitrogen and oxygen atoms in total. The first-order valence-corrected chi connectivity index (χ1v) is 12.1. The van der Waals surface area contributed by atoms with Gasteiger partial charge in [0.25, 0.3) is 11.5 Å². The molecule has 0 unspecified atom stereocenters. The second-order valence-electron chi connectivity index (χ2n) is 8.65. The minimum Gasteiger partial charge on any atom is -0.497 e. The van der Waals surface area contributed by atoms with E-state index in [9.17, 15) is 14.4 Å². The lowest BCUT2D eigenvalue weighted by atomic mass is 9.88. The van der Waals surface area contributed by atoms with Crippen molar-refractivity contribution in [1.82, 2.24) is 14.5 Å². The summed E-state index contributed by atoms with van der Waals surface area (Å²) in [4.78, 5) is 43.8. The molecule has 1 fully saturated rings. The molecule has 35 heavy (non-hydrogen) atoms. The van der Waals surface area contributed by atoms with Crippen LogP contribution in [0.5, 0.6) is 5.75 Å². The van der Waals surface area contributed by atoms with Gasteiger partial charge in [0.1, 0.15) is 5.75 Å². The van der Waals surface area contributed by atoms with Crippen molar-refractivity contribution in [2.45, 2.75) is 25.8 Å². The molecule has 1 saturated heterocycles. The van der Waals surface area contributed by atoms with Gasteiger partial charge in [0.2, 0.25) is 0 Å². The number of amides is 1. The number of carbonyl (C=O) groups is 2. The predicted molar refractivity (Wildman–Crippen MR) is 136 cm³/mol. The number of H-pyrrole nitrogens is 1. The fraction of sp³-hybridized carbons (Fsp3) is 0.385. The third-order valence-corrected chi connectivity index (χ3v) is 6.81. The van der Waals surface area contributed by atoms with Crippen LogP contribution in [0.15, 0.2) is 47.3 Å². The number of aromatic nitrogens is 2. The van der Waals surface area contributed by atoms with Crippen molar-refractivity contribution in [2.24, 2.45) is 5.92 Å². The van der Waals surface area contributed by atoms with Crippen molar-refractivity contribution in [1.29, 1.82) is 0 Å². The minimum absolute atomic E-state index is 0.0970. The number of methoxy groups -OCH3 is 2. The first kappa shape index (κ1) is 24.8. The summed E-state index contributed by atoms with van der Waals surface area (Å²) in [5.74, 6) is 0.574. The molecule has 1 aliphatic rings. The molecule has 3 aromatic rings. The van der Waals surface area contributed by atoms with Gasteiger partial charge in [-0.2, -0.15) is 0 Å². The molecule has 0 atom stereocenters. The molecular formula is C26H29N3O5S. The standard InChI is InChI=1S/C26H29N3O5S/c1-33-15-3-12-29-25(32)21-9-6-19(16-22(21)27-26(29)35)24(31)28-13-10-18(11-14-28)23(30)17-4-7-20(34-2)8-5-17/h4-9,16,18H,3,10-15H2,1-2H3,(H,27,35). The fourth-order valence-electron chi connectivity index (χ4n) is 4.48. The lowest BCUT2D eigenvalue weighted by molar-refractivity contribution is 0.0650. The number of piperidine rings is 1. The molecular weight excluding hydrogens is 466 g/mol. The highest BCUT2D eigenvalue weighted by Gasteiger charge is 2.28. The Balaban J connectivity index is 1.44. The third-order valence-electron chi connectivity index (χ3n) is 6.49. The van der Waals surface area contributed by atoms with Crippen LogP contribution in [-0.2, 0) is 11.3 Å². The van der Waals surface area contributed by atoms with Crippen LogP contribution in [0.4, 0.5) is 0 Å². The highest BCUT2D eigenvalue weighted by atomic mass is 32.1. The molecule has 1 aliphatic heterocycles. The van der Waals surface area contributed by atoms with E-state index in [2.05, 4.69) is 4.98 Å². The molecule has 9 heteroatoms. The van der Waals surface area contributed by atoms with Gasteiger partial charge in [-0.1, -0.05) is 0 Å². The number of hydrogen-bond acceptors (Lipinski definition) is 6. The minimum atomic E-state index is -0.184. The summed E-state index contributed by atoms with van der Waals surface area (Å²) in [6.07, 6.45) is 1.89. The van der Waals surface area contributed by atoms with Gasteiger partial charge in [-0.3, -0.25) is 19.0 Å². The Hall–Kier alpha value is -3.30. The number of Topliss-reactive ketones (excluding diaryl/α,β-unsaturated/α-hetero) is 1. The van der Waals surface area contributed by atoms with Gasteiger partial charge in [0.15, 0.2) is 10.6 Å². The Morgan fingerprint density at radius 3 is 2.40 bits per heavy atom. The highest BCUT2D eigenvalue weighted by Crippen LogP contribution is 2.24. The molecule has 0 spiro atoms. The number of fused-ring (bicyclic) bond motifs is 1. The number of ether oxygens (including phenoxy) is 2. The monoisotopic (exact) mass is 495 g/mol. The maximum absolute atomic E-state index is 13.2. The van der Waals surface area contributed by atoms with Crippen LogP contribution in [0.1, 0.15) is 40.0 Å². The topological polar surface area (TPSA) is 93.6 Å². The zero-order chi connectivity index (χ0) is 24.9. The van der Waals surface area contributed by atoms with E-state index in [0.717, 1.165) is 0 Å². The number of nitrogens with zero attached hydrogens (tertiary/aromatic N) is 2. The van der Waals surface area contributed by atoms with Gasteiger partial charge < -0.3 is 19.4 Å². The number of nitrogens with one attached hydrogen (secondary N) is 1. The Labute approximate surface area is 208 Å². The van der Waals surface area contributed by atoms with Crippen LogP contribution in [0.3, 0.4) is 0 Å². The van der Waals surface area contributed by atoms with E-state index < -0.39 is 0 Å². The Morgan fingerprint density at radius 1 is 1.06 bits per heavy atom. The summed E-state index contributed by atoms with van der Waals surface area (Å²) in [5, 5.41) is 0.483. The lowest BCUT2D eigenvalue weighted by Gasteiger charge is -2.31. The van der Waals surface area contributed by atoms with Crippen LogP contribution >= 0.6 is 12.2 Å². The largest absolute Gasteiger partial charge is 0.497 e. The van der Waals surface area contributed by atoms with Gasteiger partial charge in [-0.25, -0.2) is 0 Å². The van der Waals surface area contributed by atoms with E-state index in [4.69, 9.17) is 21.7 Å². The molecule has 1 amide bonds. The van der Waals surface area contributed by atoms with Crippen LogP contribution in [0, 0.1) is 10.7 Å². The first-order chi connectivity index (χ1) is 16.9. The van der Waals surface area contributed by atoms with Gasteiger partial charge in [-0.15, -0.1) is 0 Å². The smallest absolute Gasteiger partial charge is 0.262 e. The SMILES string of the molecule is COCCCn1c(=S)[nH]c2cc(C(=O)N3CCC(C(=O)c4ccc(OC)cc4)CC3)ccc2c1=O. The lowest BCUT2D eigenvalue weighted by Crippen LogP contribution is -2.40. The molecule has 4 rings (SSSR count). The van der Waals surface area contributed by atoms with E-state index in [-0.39, 0.29) is 23.2 Å². The Kier molecular flexibility index (Phi) is 7.77. The summed E-state index contributed by atoms with van der Waals surface area (Å²) in [7, 11) is 3.21. The van der Waals surface area contributed by atoms with Gasteiger partial charge >= 0.3 is 0 Å². The molecule has 0 bridgehead atoms. The van der Waals surface area contributed by atoms with Crippen molar-refractivity contribution in [3.8, 4) is 5.75 Å². The Bertz CT molecular complexity index is 1340. The molecule has 0 radical (unpaired) electrons. The van der Waals surface area contributed by atoms with Gasteiger partial charge in [0.05, 0.1) is 18.0 Å². The number of aromatic amines is 1. The van der Waals surface area contributed by atoms with Crippen molar-refractivity contribution < 1.29 is 19.1 Å². The zero-order valence-electron chi connectivity index (χ0n) is 19.9. The van der Waals surface area contributed by atoms with Crippen molar-refractivity contribution in [2.75, 3.05) is 33.9 Å². The quantitative estimate of drug-likeness (QED) is 0.290. The number of benzene rings is 2. The summed E-state index contributed by atoms with van der Waals surface area (Å²) in [5.41, 5.74) is 1.50. The average molecular weight is 496 g/mol. The molecule has 0 aliphatic carbocycles. The fourth-order valence-corrected chi connectivity index (χ4v) is 4.76. The van der Waals surface area contributed by atoms with Crippen molar-refractivity contribution in [3.63, 3.8) is 0 Å². The van der Waals surface area contributed by atoms with Crippen molar-refractivity contribution in [3.05, 3.63) is 68.7 Å². The van der Waals surface area contributed by atoms with E-state index in [0.29, 0.717) is 78.1 Å². The number of carbonyl (C=O) groups excluding carboxylic acids is 2. The van der Waals surface area contributed by atoms with E-state index >= 15 is 0 Å². The number of likely N-dealkylation sites (tertiary alicyclic amines) is 1. The van der Waals surface area contributed by atoms with Crippen molar-refractivity contribution >= 4 is 34.8 Å². The highest BCUT2D eigenvalue weighted by molar-refractivity contribution is 7.71. The second-order valence-corrected chi connectivity index (χ2v) is 9.04. The van der Waals surface area contributed by atoms with Gasteiger partial charge in [-0.05, 0) is 73.9 Å². The Morgan fingerprint density at radius 2 is 1.74 bits per heavy atom. The molecule has 184 valence electrons. The predicted octanol–water partition coefficient (Wildman–Crippen LogP) is 3.84. The maximum atomic E-state index is 13.2. The first-order valence-electron chi connectivity index (χ1n) is 11.7. The number of hydrogen-bond donors (Lipinski definition) is 1. The maximum Gasteiger partial charge on any atom is 0.262 e. The zero-order valence-corrected chi connectivity index (χ0v) is 20.7. The van der Waals surface area contributed by atoms with E-state index in [1.54, 1.807) is 61.6 Å². The molecule has 1 N–H and O–H groups in total. The van der Waals surface area contributed by atoms with Crippen LogP contribution in [0.2, 0.25) is 0 Å². The average Bonchev–Trinajstić information content (AvgIpc) is 2.89. The second kappa shape index (κ2) is 11.0. The molecule has 2 heterocycles. The molecule has 2 aromatic carbocycles. The number of rotatable bonds is 8. The number of ketones is 1. The normalized spacial score (nSPS) is 14.3. The summed E-state index contributed by atoms with van der Waals surface area (Å²) in [6.45, 7) is 2.00. The van der Waals surface area contributed by atoms with Crippen LogP contribution in [0.25, 0.3) is 10.9 Å². The summed E-state index contributed by atoms with van der Waals surface area (Å²) >= 11 is 5.37.